The maximum absolute atomic E-state index is 6.11. The zero-order chi connectivity index (χ0) is 18.1. The van der Waals surface area contributed by atoms with Crippen LogP contribution in [0.1, 0.15) is 77.0 Å². The lowest BCUT2D eigenvalue weighted by atomic mass is 9.57. The molecule has 2 aliphatic heterocycles. The van der Waals surface area contributed by atoms with Gasteiger partial charge in [-0.1, -0.05) is 12.8 Å². The molecule has 2 unspecified atom stereocenters. The normalized spacial score (nSPS) is 43.6. The topological polar surface area (TPSA) is 43.5 Å². The van der Waals surface area contributed by atoms with Crippen LogP contribution in [-0.4, -0.2) is 50.8 Å². The molecule has 27 heavy (non-hydrogen) atoms. The largest absolute Gasteiger partial charge is 0.375 e. The van der Waals surface area contributed by atoms with Crippen molar-refractivity contribution in [3.63, 3.8) is 0 Å². The number of hydrogen-bond acceptors (Lipinski definition) is 4. The highest BCUT2D eigenvalue weighted by Gasteiger charge is 2.48. The Balaban J connectivity index is 1.12. The summed E-state index contributed by atoms with van der Waals surface area (Å²) < 4.78 is 22.8. The SMILES string of the molecule is C1CCC(C2CCC(OCC3CO3)CC2)(C2CCC(OCC3CO3)CC2)C1. The van der Waals surface area contributed by atoms with E-state index in [2.05, 4.69) is 0 Å². The van der Waals surface area contributed by atoms with Gasteiger partial charge < -0.3 is 18.9 Å². The summed E-state index contributed by atoms with van der Waals surface area (Å²) in [5.74, 6) is 1.89. The molecule has 0 bridgehead atoms. The van der Waals surface area contributed by atoms with Crippen molar-refractivity contribution in [3.8, 4) is 0 Å². The first kappa shape index (κ1) is 18.8. The zero-order valence-corrected chi connectivity index (χ0v) is 16.9. The molecule has 0 amide bonds. The molecule has 3 saturated carbocycles. The minimum Gasteiger partial charge on any atom is -0.375 e. The van der Waals surface area contributed by atoms with Crippen molar-refractivity contribution in [2.45, 2.75) is 101 Å². The predicted molar refractivity (Wildman–Crippen MR) is 104 cm³/mol. The summed E-state index contributed by atoms with van der Waals surface area (Å²) in [4.78, 5) is 0. The standard InChI is InChI=1S/C23H38O4/c1-2-12-23(11-1,17-3-7-19(8-4-17)24-13-21-15-26-21)18-5-9-20(10-6-18)25-14-22-16-27-22/h17-22H,1-16H2. The Bertz CT molecular complexity index is 427. The van der Waals surface area contributed by atoms with Crippen LogP contribution < -0.4 is 0 Å². The van der Waals surface area contributed by atoms with Crippen molar-refractivity contribution >= 4 is 0 Å². The minimum atomic E-state index is 0.410. The molecule has 4 nitrogen and oxygen atoms in total. The average molecular weight is 379 g/mol. The number of ether oxygens (including phenoxy) is 4. The van der Waals surface area contributed by atoms with Gasteiger partial charge >= 0.3 is 0 Å². The Morgan fingerprint density at radius 3 is 1.41 bits per heavy atom. The first-order chi connectivity index (χ1) is 13.3. The van der Waals surface area contributed by atoms with E-state index in [0.717, 1.165) is 38.3 Å². The highest BCUT2D eigenvalue weighted by Crippen LogP contribution is 2.57. The van der Waals surface area contributed by atoms with E-state index in [-0.39, 0.29) is 0 Å². The van der Waals surface area contributed by atoms with Gasteiger partial charge in [-0.25, -0.2) is 0 Å². The molecule has 154 valence electrons. The van der Waals surface area contributed by atoms with Crippen molar-refractivity contribution in [1.29, 1.82) is 0 Å². The number of rotatable bonds is 8. The molecule has 2 saturated heterocycles. The average Bonchev–Trinajstić information content (AvgIpc) is 3.65. The van der Waals surface area contributed by atoms with Gasteiger partial charge in [-0.05, 0) is 81.5 Å². The van der Waals surface area contributed by atoms with E-state index in [9.17, 15) is 0 Å². The van der Waals surface area contributed by atoms with E-state index >= 15 is 0 Å². The summed E-state index contributed by atoms with van der Waals surface area (Å²) in [6, 6.07) is 0. The predicted octanol–water partition coefficient (Wildman–Crippen LogP) is 4.50. The van der Waals surface area contributed by atoms with Crippen LogP contribution in [0.4, 0.5) is 0 Å². The summed E-state index contributed by atoms with van der Waals surface area (Å²) >= 11 is 0. The third-order valence-corrected chi connectivity index (χ3v) is 8.35. The number of hydrogen-bond donors (Lipinski definition) is 0. The fraction of sp³-hybridized carbons (Fsp3) is 1.00. The van der Waals surface area contributed by atoms with Crippen LogP contribution in [-0.2, 0) is 18.9 Å². The van der Waals surface area contributed by atoms with Gasteiger partial charge in [0, 0.05) is 0 Å². The fourth-order valence-corrected chi connectivity index (χ4v) is 6.61. The van der Waals surface area contributed by atoms with Crippen LogP contribution in [0.15, 0.2) is 0 Å². The van der Waals surface area contributed by atoms with Crippen LogP contribution in [0, 0.1) is 17.3 Å². The zero-order valence-electron chi connectivity index (χ0n) is 16.9. The van der Waals surface area contributed by atoms with E-state index in [4.69, 9.17) is 18.9 Å². The third kappa shape index (κ3) is 4.55. The second-order valence-electron chi connectivity index (χ2n) is 9.96. The van der Waals surface area contributed by atoms with Gasteiger partial charge in [0.2, 0.25) is 0 Å². The molecule has 0 aromatic carbocycles. The van der Waals surface area contributed by atoms with Gasteiger partial charge in [0.15, 0.2) is 0 Å². The van der Waals surface area contributed by atoms with Gasteiger partial charge in [0.05, 0.1) is 38.6 Å². The van der Waals surface area contributed by atoms with Gasteiger partial charge in [-0.15, -0.1) is 0 Å². The fourth-order valence-electron chi connectivity index (χ4n) is 6.61. The van der Waals surface area contributed by atoms with E-state index in [1.54, 1.807) is 0 Å². The van der Waals surface area contributed by atoms with E-state index in [1.165, 1.54) is 77.0 Å². The van der Waals surface area contributed by atoms with Gasteiger partial charge in [0.1, 0.15) is 12.2 Å². The van der Waals surface area contributed by atoms with E-state index in [0.29, 0.717) is 29.8 Å². The molecule has 0 radical (unpaired) electrons. The minimum absolute atomic E-state index is 0.410. The summed E-state index contributed by atoms with van der Waals surface area (Å²) in [6.45, 7) is 3.49. The van der Waals surface area contributed by atoms with E-state index < -0.39 is 0 Å². The molecule has 3 aliphatic carbocycles. The molecule has 5 aliphatic rings. The van der Waals surface area contributed by atoms with E-state index in [1.807, 2.05) is 0 Å². The second kappa shape index (κ2) is 8.30. The van der Waals surface area contributed by atoms with Crippen LogP contribution in [0.3, 0.4) is 0 Å². The first-order valence-corrected chi connectivity index (χ1v) is 11.8. The monoisotopic (exact) mass is 378 g/mol. The molecular formula is C23H38O4. The molecule has 2 atom stereocenters. The summed E-state index contributed by atoms with van der Waals surface area (Å²) in [5, 5.41) is 0. The molecule has 0 N–H and O–H groups in total. The van der Waals surface area contributed by atoms with Crippen molar-refractivity contribution < 1.29 is 18.9 Å². The van der Waals surface area contributed by atoms with Crippen LogP contribution >= 0.6 is 0 Å². The summed E-state index contributed by atoms with van der Waals surface area (Å²) in [6.07, 6.45) is 18.4. The summed E-state index contributed by atoms with van der Waals surface area (Å²) in [7, 11) is 0. The molecule has 0 aromatic heterocycles. The number of epoxide rings is 2. The molecule has 0 spiro atoms. The van der Waals surface area contributed by atoms with Crippen molar-refractivity contribution in [2.75, 3.05) is 26.4 Å². The molecule has 2 heterocycles. The molecule has 5 fully saturated rings. The maximum atomic E-state index is 6.11. The van der Waals surface area contributed by atoms with Crippen LogP contribution in [0.25, 0.3) is 0 Å². The van der Waals surface area contributed by atoms with Gasteiger partial charge in [0.25, 0.3) is 0 Å². The lowest BCUT2D eigenvalue weighted by Crippen LogP contribution is -2.41. The molecule has 0 aromatic rings. The lowest BCUT2D eigenvalue weighted by molar-refractivity contribution is -0.0495. The molecule has 5 rings (SSSR count). The highest BCUT2D eigenvalue weighted by atomic mass is 16.6. The van der Waals surface area contributed by atoms with Crippen molar-refractivity contribution in [2.24, 2.45) is 17.3 Å². The second-order valence-corrected chi connectivity index (χ2v) is 9.96. The summed E-state index contributed by atoms with van der Waals surface area (Å²) in [5.41, 5.74) is 0.648. The Morgan fingerprint density at radius 2 is 1.04 bits per heavy atom. The molecule has 4 heteroatoms. The highest BCUT2D eigenvalue weighted by molar-refractivity contribution is 4.99. The first-order valence-electron chi connectivity index (χ1n) is 11.8. The van der Waals surface area contributed by atoms with Crippen molar-refractivity contribution in [1.82, 2.24) is 0 Å². The van der Waals surface area contributed by atoms with Gasteiger partial charge in [-0.2, -0.15) is 0 Å². The Kier molecular flexibility index (Phi) is 5.79. The third-order valence-electron chi connectivity index (χ3n) is 8.35. The smallest absolute Gasteiger partial charge is 0.104 e. The maximum Gasteiger partial charge on any atom is 0.104 e. The van der Waals surface area contributed by atoms with Gasteiger partial charge in [-0.3, -0.25) is 0 Å². The Labute approximate surface area is 164 Å². The lowest BCUT2D eigenvalue weighted by Gasteiger charge is -2.49. The van der Waals surface area contributed by atoms with Crippen LogP contribution in [0.5, 0.6) is 0 Å². The molecular weight excluding hydrogens is 340 g/mol. The Hall–Kier alpha value is -0.160. The quantitative estimate of drug-likeness (QED) is 0.584. The Morgan fingerprint density at radius 1 is 0.630 bits per heavy atom. The van der Waals surface area contributed by atoms with Crippen molar-refractivity contribution in [3.05, 3.63) is 0 Å². The van der Waals surface area contributed by atoms with Crippen LogP contribution in [0.2, 0.25) is 0 Å².